The standard InChI is InChI=1S/C26H42N4O3/c1-17-21-19-16-20(19)22(25-6-9-26(32,10-7-25)11-8-25)28-23(21)30(14-4-18-5-15-33-18)24(31)29(17)13-3-12-27-2/h17-23,28,32H,2-16H2,1H3. The lowest BCUT2D eigenvalue weighted by Crippen LogP contribution is -2.72. The van der Waals surface area contributed by atoms with Crippen LogP contribution in [0, 0.1) is 23.2 Å². The molecule has 2 amide bonds. The maximum atomic E-state index is 13.8. The zero-order chi connectivity index (χ0) is 22.8. The van der Waals surface area contributed by atoms with E-state index in [0.717, 1.165) is 83.4 Å². The number of urea groups is 1. The normalized spacial score (nSPS) is 48.2. The molecule has 2 N–H and O–H groups in total. The summed E-state index contributed by atoms with van der Waals surface area (Å²) in [6.07, 6.45) is 11.0. The number of amides is 2. The van der Waals surface area contributed by atoms with Crippen LogP contribution in [0.5, 0.6) is 0 Å². The van der Waals surface area contributed by atoms with Crippen molar-refractivity contribution in [3.05, 3.63) is 0 Å². The number of hydrogen-bond acceptors (Lipinski definition) is 5. The molecule has 3 aliphatic heterocycles. The van der Waals surface area contributed by atoms with E-state index in [-0.39, 0.29) is 18.2 Å². The van der Waals surface area contributed by atoms with E-state index in [0.29, 0.717) is 35.9 Å². The van der Waals surface area contributed by atoms with E-state index in [4.69, 9.17) is 4.74 Å². The maximum absolute atomic E-state index is 13.8. The Bertz CT molecular complexity index is 761. The summed E-state index contributed by atoms with van der Waals surface area (Å²) in [7, 11) is 0. The molecule has 7 aliphatic rings. The first-order valence-corrected chi connectivity index (χ1v) is 13.5. The minimum absolute atomic E-state index is 0.132. The molecule has 2 bridgehead atoms. The van der Waals surface area contributed by atoms with Gasteiger partial charge in [0, 0.05) is 44.2 Å². The van der Waals surface area contributed by atoms with Crippen LogP contribution in [0.25, 0.3) is 0 Å². The van der Waals surface area contributed by atoms with Crippen LogP contribution < -0.4 is 5.32 Å². The number of aliphatic imine (C=N–C) groups is 1. The summed E-state index contributed by atoms with van der Waals surface area (Å²) in [6, 6.07) is 0.941. The summed E-state index contributed by atoms with van der Waals surface area (Å²) in [5.41, 5.74) is -0.0799. The van der Waals surface area contributed by atoms with Gasteiger partial charge in [-0.2, -0.15) is 0 Å². The van der Waals surface area contributed by atoms with Crippen molar-refractivity contribution in [3.63, 3.8) is 0 Å². The Kier molecular flexibility index (Phi) is 5.54. The molecule has 184 valence electrons. The van der Waals surface area contributed by atoms with Gasteiger partial charge in [-0.05, 0) is 95.1 Å². The Balaban J connectivity index is 1.24. The van der Waals surface area contributed by atoms with Crippen LogP contribution in [-0.2, 0) is 4.74 Å². The second-order valence-corrected chi connectivity index (χ2v) is 12.1. The molecule has 33 heavy (non-hydrogen) atoms. The van der Waals surface area contributed by atoms with Crippen molar-refractivity contribution in [1.29, 1.82) is 0 Å². The number of rotatable bonds is 8. The monoisotopic (exact) mass is 458 g/mol. The molecule has 7 nitrogen and oxygen atoms in total. The van der Waals surface area contributed by atoms with Crippen molar-refractivity contribution in [1.82, 2.24) is 15.1 Å². The SMILES string of the molecule is C=NCCCN1C(=O)N(CCC2CCO2)C2NC(C34CCC(O)(CC3)CC4)C3CC3C2C1C. The first kappa shape index (κ1) is 22.3. The first-order chi connectivity index (χ1) is 15.9. The van der Waals surface area contributed by atoms with E-state index < -0.39 is 5.60 Å². The van der Waals surface area contributed by atoms with Crippen molar-refractivity contribution in [2.75, 3.05) is 26.2 Å². The molecule has 7 heteroatoms. The Morgan fingerprint density at radius 3 is 2.52 bits per heavy atom. The summed E-state index contributed by atoms with van der Waals surface area (Å²) < 4.78 is 5.70. The van der Waals surface area contributed by atoms with Gasteiger partial charge in [0.15, 0.2) is 0 Å². The fraction of sp³-hybridized carbons (Fsp3) is 0.923. The van der Waals surface area contributed by atoms with Gasteiger partial charge in [0.1, 0.15) is 0 Å². The zero-order valence-corrected chi connectivity index (χ0v) is 20.3. The molecule has 0 radical (unpaired) electrons. The third-order valence-electron chi connectivity index (χ3n) is 10.5. The van der Waals surface area contributed by atoms with Gasteiger partial charge in [0.25, 0.3) is 0 Å². The van der Waals surface area contributed by atoms with Gasteiger partial charge in [-0.3, -0.25) is 5.32 Å². The van der Waals surface area contributed by atoms with Gasteiger partial charge >= 0.3 is 6.03 Å². The average Bonchev–Trinajstić information content (AvgIpc) is 3.57. The molecular weight excluding hydrogens is 416 g/mol. The highest BCUT2D eigenvalue weighted by Crippen LogP contribution is 2.63. The van der Waals surface area contributed by atoms with Crippen molar-refractivity contribution < 1.29 is 14.6 Å². The maximum Gasteiger partial charge on any atom is 0.321 e. The van der Waals surface area contributed by atoms with Gasteiger partial charge < -0.3 is 24.6 Å². The van der Waals surface area contributed by atoms with Crippen molar-refractivity contribution in [2.24, 2.45) is 28.2 Å². The Morgan fingerprint density at radius 2 is 1.88 bits per heavy atom. The van der Waals surface area contributed by atoms with E-state index in [9.17, 15) is 9.90 Å². The summed E-state index contributed by atoms with van der Waals surface area (Å²) in [6.45, 7) is 9.01. The van der Waals surface area contributed by atoms with Crippen LogP contribution in [0.1, 0.15) is 71.1 Å². The van der Waals surface area contributed by atoms with Crippen molar-refractivity contribution in [3.8, 4) is 0 Å². The average molecular weight is 459 g/mol. The molecule has 0 aromatic carbocycles. The molecule has 3 heterocycles. The number of hydrogen-bond donors (Lipinski definition) is 2. The van der Waals surface area contributed by atoms with Gasteiger partial charge in [0.2, 0.25) is 0 Å². The van der Waals surface area contributed by atoms with Crippen LogP contribution in [0.2, 0.25) is 0 Å². The van der Waals surface area contributed by atoms with E-state index in [1.807, 2.05) is 0 Å². The smallest absolute Gasteiger partial charge is 0.321 e. The lowest BCUT2D eigenvalue weighted by molar-refractivity contribution is -0.121. The van der Waals surface area contributed by atoms with Gasteiger partial charge in [-0.1, -0.05) is 0 Å². The fourth-order valence-corrected chi connectivity index (χ4v) is 8.27. The number of nitrogens with zero attached hydrogens (tertiary/aromatic N) is 3. The molecule has 0 aromatic heterocycles. The van der Waals surface area contributed by atoms with Crippen molar-refractivity contribution >= 4 is 12.7 Å². The Labute approximate surface area is 198 Å². The van der Waals surface area contributed by atoms with Gasteiger partial charge in [0.05, 0.1) is 17.9 Å². The number of nitrogens with one attached hydrogen (secondary N) is 1. The van der Waals surface area contributed by atoms with Gasteiger partial charge in [-0.15, -0.1) is 0 Å². The minimum atomic E-state index is -0.396. The summed E-state index contributed by atoms with van der Waals surface area (Å²) in [4.78, 5) is 22.1. The van der Waals surface area contributed by atoms with Crippen LogP contribution in [-0.4, -0.2) is 83.9 Å². The summed E-state index contributed by atoms with van der Waals surface area (Å²) >= 11 is 0. The summed E-state index contributed by atoms with van der Waals surface area (Å²) in [5, 5.41) is 14.9. The molecule has 7 fully saturated rings. The number of carbonyl (C=O) groups is 1. The lowest BCUT2D eigenvalue weighted by atomic mass is 9.54. The molecule has 4 aliphatic carbocycles. The largest absolute Gasteiger partial charge is 0.390 e. The third-order valence-corrected chi connectivity index (χ3v) is 10.5. The quantitative estimate of drug-likeness (QED) is 0.433. The molecule has 0 spiro atoms. The molecular formula is C26H42N4O3. The molecule has 7 unspecified atom stereocenters. The number of fused-ring (bicyclic) bond motifs is 6. The third kappa shape index (κ3) is 3.64. The van der Waals surface area contributed by atoms with Crippen LogP contribution in [0.3, 0.4) is 0 Å². The van der Waals surface area contributed by atoms with E-state index >= 15 is 0 Å². The highest BCUT2D eigenvalue weighted by molar-refractivity contribution is 5.76. The number of ether oxygens (including phenoxy) is 1. The summed E-state index contributed by atoms with van der Waals surface area (Å²) in [5.74, 6) is 1.94. The van der Waals surface area contributed by atoms with Crippen LogP contribution >= 0.6 is 0 Å². The van der Waals surface area contributed by atoms with Crippen LogP contribution in [0.15, 0.2) is 4.99 Å². The first-order valence-electron chi connectivity index (χ1n) is 13.5. The predicted octanol–water partition coefficient (Wildman–Crippen LogP) is 3.02. The number of piperidine rings is 1. The zero-order valence-electron chi connectivity index (χ0n) is 20.3. The fourth-order valence-electron chi connectivity index (χ4n) is 8.27. The second-order valence-electron chi connectivity index (χ2n) is 12.1. The van der Waals surface area contributed by atoms with Crippen LogP contribution in [0.4, 0.5) is 4.79 Å². The number of carbonyl (C=O) groups excluding carboxylic acids is 1. The number of aliphatic hydroxyl groups is 1. The molecule has 7 rings (SSSR count). The van der Waals surface area contributed by atoms with Crippen molar-refractivity contribution in [2.45, 2.75) is 101 Å². The predicted molar refractivity (Wildman–Crippen MR) is 127 cm³/mol. The Morgan fingerprint density at radius 1 is 1.15 bits per heavy atom. The van der Waals surface area contributed by atoms with E-state index in [1.54, 1.807) is 0 Å². The molecule has 4 saturated carbocycles. The van der Waals surface area contributed by atoms with Gasteiger partial charge in [-0.25, -0.2) is 4.79 Å². The van der Waals surface area contributed by atoms with E-state index in [1.165, 1.54) is 6.42 Å². The highest BCUT2D eigenvalue weighted by Gasteiger charge is 2.65. The lowest BCUT2D eigenvalue weighted by Gasteiger charge is -2.59. The molecule has 0 aromatic rings. The topological polar surface area (TPSA) is 77.4 Å². The van der Waals surface area contributed by atoms with E-state index in [2.05, 4.69) is 33.8 Å². The minimum Gasteiger partial charge on any atom is -0.390 e. The molecule has 7 atom stereocenters. The highest BCUT2D eigenvalue weighted by atomic mass is 16.5. The Hall–Kier alpha value is -1.18. The molecule has 3 saturated heterocycles. The second kappa shape index (κ2) is 8.20.